The summed E-state index contributed by atoms with van der Waals surface area (Å²) in [5, 5.41) is 29.2. The van der Waals surface area contributed by atoms with E-state index in [1.807, 2.05) is 0 Å². The minimum absolute atomic E-state index is 0.0865. The summed E-state index contributed by atoms with van der Waals surface area (Å²) in [7, 11) is 0. The van der Waals surface area contributed by atoms with Gasteiger partial charge in [-0.3, -0.25) is 4.90 Å². The Hall–Kier alpha value is -2.19. The van der Waals surface area contributed by atoms with E-state index in [2.05, 4.69) is 15.1 Å². The highest BCUT2D eigenvalue weighted by molar-refractivity contribution is 5.69. The number of likely N-dealkylation sites (tertiary alicyclic amines) is 1. The molecule has 2 fully saturated rings. The summed E-state index contributed by atoms with van der Waals surface area (Å²) in [4.78, 5) is 2.44. The molecule has 8 heteroatoms. The first-order valence-electron chi connectivity index (χ1n) is 9.91. The van der Waals surface area contributed by atoms with E-state index in [1.54, 1.807) is 13.0 Å². The average molecular weight is 407 g/mol. The van der Waals surface area contributed by atoms with Crippen LogP contribution in [-0.4, -0.2) is 44.4 Å². The van der Waals surface area contributed by atoms with Crippen LogP contribution in [0.3, 0.4) is 0 Å². The summed E-state index contributed by atoms with van der Waals surface area (Å²) in [6.45, 7) is 3.66. The Labute approximate surface area is 167 Å². The third-order valence-corrected chi connectivity index (χ3v) is 5.89. The Morgan fingerprint density at radius 1 is 1.14 bits per heavy atom. The molecule has 5 nitrogen and oxygen atoms in total. The van der Waals surface area contributed by atoms with Crippen molar-refractivity contribution in [2.24, 2.45) is 5.92 Å². The van der Waals surface area contributed by atoms with E-state index in [1.165, 1.54) is 18.9 Å². The number of aliphatic hydroxyl groups excluding tert-OH is 1. The summed E-state index contributed by atoms with van der Waals surface area (Å²) >= 11 is 0. The Morgan fingerprint density at radius 2 is 1.90 bits per heavy atom. The fraction of sp³-hybridized carbons (Fsp3) is 0.524. The highest BCUT2D eigenvalue weighted by Crippen LogP contribution is 2.38. The van der Waals surface area contributed by atoms with Gasteiger partial charge < -0.3 is 10.2 Å². The van der Waals surface area contributed by atoms with Crippen molar-refractivity contribution >= 4 is 0 Å². The van der Waals surface area contributed by atoms with Crippen LogP contribution >= 0.6 is 0 Å². The van der Waals surface area contributed by atoms with E-state index in [-0.39, 0.29) is 11.5 Å². The van der Waals surface area contributed by atoms with Gasteiger partial charge in [0.25, 0.3) is 0 Å². The number of aromatic nitrogens is 2. The van der Waals surface area contributed by atoms with Crippen molar-refractivity contribution < 1.29 is 23.4 Å². The monoisotopic (exact) mass is 407 g/mol. The molecule has 0 bridgehead atoms. The van der Waals surface area contributed by atoms with Gasteiger partial charge in [-0.15, -0.1) is 5.10 Å². The summed E-state index contributed by atoms with van der Waals surface area (Å²) in [5.74, 6) is -0.416. The third kappa shape index (κ3) is 4.23. The number of aliphatic hydroxyl groups is 1. The van der Waals surface area contributed by atoms with Crippen molar-refractivity contribution in [3.8, 4) is 17.0 Å². The lowest BCUT2D eigenvalue weighted by Crippen LogP contribution is -2.39. The number of benzene rings is 1. The summed E-state index contributed by atoms with van der Waals surface area (Å²) in [6, 6.07) is 5.16. The van der Waals surface area contributed by atoms with E-state index < -0.39 is 23.6 Å². The predicted octanol–water partition coefficient (Wildman–Crippen LogP) is 4.08. The van der Waals surface area contributed by atoms with Crippen LogP contribution < -0.4 is 0 Å². The lowest BCUT2D eigenvalue weighted by Gasteiger charge is -2.35. The molecule has 2 atom stereocenters. The minimum atomic E-state index is -4.53. The van der Waals surface area contributed by atoms with Crippen molar-refractivity contribution in [2.45, 2.75) is 50.9 Å². The Bertz CT molecular complexity index is 899. The molecule has 1 saturated carbocycles. The molecule has 2 aromatic rings. The third-order valence-electron chi connectivity index (χ3n) is 5.89. The zero-order valence-electron chi connectivity index (χ0n) is 16.2. The SMILES string of the molecule is Cc1cc([C@H](O)[C@@H]2CCCN(C3CC3)C2)nnc1-c1ccc(C(F)(F)F)cc1O. The van der Waals surface area contributed by atoms with Crippen LogP contribution in [0, 0.1) is 12.8 Å². The first-order chi connectivity index (χ1) is 13.7. The first kappa shape index (κ1) is 20.1. The normalized spacial score (nSPS) is 21.9. The summed E-state index contributed by atoms with van der Waals surface area (Å²) < 4.78 is 38.4. The second-order valence-electron chi connectivity index (χ2n) is 8.10. The number of aromatic hydroxyl groups is 1. The summed E-state index contributed by atoms with van der Waals surface area (Å²) in [6.07, 6.45) is -0.841. The van der Waals surface area contributed by atoms with Crippen molar-refractivity contribution in [1.82, 2.24) is 15.1 Å². The standard InChI is InChI=1S/C21H24F3N3O2/c1-12-9-17(20(29)13-3-2-8-27(11-13)15-5-6-15)25-26-19(12)16-7-4-14(10-18(16)28)21(22,23)24/h4,7,9-10,13,15,20,28-29H,2-3,5-6,8,11H2,1H3/t13-,20-/m1/s1. The molecule has 2 aliphatic rings. The number of alkyl halides is 3. The number of phenols is 1. The molecule has 1 saturated heterocycles. The van der Waals surface area contributed by atoms with Gasteiger partial charge in [-0.25, -0.2) is 0 Å². The Kier molecular flexibility index (Phi) is 5.25. The Morgan fingerprint density at radius 3 is 2.52 bits per heavy atom. The molecule has 2 N–H and O–H groups in total. The van der Waals surface area contributed by atoms with Gasteiger partial charge in [-0.2, -0.15) is 18.3 Å². The molecule has 0 radical (unpaired) electrons. The number of rotatable bonds is 4. The fourth-order valence-corrected chi connectivity index (χ4v) is 4.14. The van der Waals surface area contributed by atoms with E-state index in [0.717, 1.165) is 32.0 Å². The zero-order chi connectivity index (χ0) is 20.8. The predicted molar refractivity (Wildman–Crippen MR) is 101 cm³/mol. The zero-order valence-corrected chi connectivity index (χ0v) is 16.2. The number of hydrogen-bond acceptors (Lipinski definition) is 5. The van der Waals surface area contributed by atoms with Gasteiger partial charge in [0.2, 0.25) is 0 Å². The fourth-order valence-electron chi connectivity index (χ4n) is 4.14. The molecule has 0 amide bonds. The van der Waals surface area contributed by atoms with Gasteiger partial charge in [-0.1, -0.05) is 0 Å². The molecule has 0 spiro atoms. The van der Waals surface area contributed by atoms with Crippen molar-refractivity contribution in [3.63, 3.8) is 0 Å². The molecule has 29 heavy (non-hydrogen) atoms. The number of piperidine rings is 1. The summed E-state index contributed by atoms with van der Waals surface area (Å²) in [5.41, 5.74) is 0.658. The van der Waals surface area contributed by atoms with Gasteiger partial charge in [-0.05, 0) is 69.0 Å². The second-order valence-corrected chi connectivity index (χ2v) is 8.10. The molecule has 1 aromatic heterocycles. The molecule has 0 unspecified atom stereocenters. The quantitative estimate of drug-likeness (QED) is 0.799. The van der Waals surface area contributed by atoms with Crippen LogP contribution in [-0.2, 0) is 6.18 Å². The second kappa shape index (κ2) is 7.57. The van der Waals surface area contributed by atoms with Crippen LogP contribution in [0.4, 0.5) is 13.2 Å². The molecule has 1 aliphatic heterocycles. The molecule has 156 valence electrons. The highest BCUT2D eigenvalue weighted by atomic mass is 19.4. The number of halogens is 3. The van der Waals surface area contributed by atoms with Gasteiger partial charge in [0, 0.05) is 24.1 Å². The molecule has 1 aromatic carbocycles. The van der Waals surface area contributed by atoms with Crippen LogP contribution in [0.1, 0.15) is 48.6 Å². The topological polar surface area (TPSA) is 69.5 Å². The Balaban J connectivity index is 1.55. The van der Waals surface area contributed by atoms with Crippen LogP contribution in [0.5, 0.6) is 5.75 Å². The highest BCUT2D eigenvalue weighted by Gasteiger charge is 2.36. The molecule has 1 aliphatic carbocycles. The smallest absolute Gasteiger partial charge is 0.416 e. The van der Waals surface area contributed by atoms with E-state index in [0.29, 0.717) is 29.1 Å². The number of phenolic OH excluding ortho intramolecular Hbond substituents is 1. The van der Waals surface area contributed by atoms with Gasteiger partial charge in [0.05, 0.1) is 17.0 Å². The molecular formula is C21H24F3N3O2. The maximum Gasteiger partial charge on any atom is 0.416 e. The molecular weight excluding hydrogens is 383 g/mol. The number of nitrogens with zero attached hydrogens (tertiary/aromatic N) is 3. The van der Waals surface area contributed by atoms with Crippen LogP contribution in [0.15, 0.2) is 24.3 Å². The average Bonchev–Trinajstić information content (AvgIpc) is 3.52. The number of hydrogen-bond donors (Lipinski definition) is 2. The molecule has 2 heterocycles. The van der Waals surface area contributed by atoms with Gasteiger partial charge in [0.15, 0.2) is 0 Å². The minimum Gasteiger partial charge on any atom is -0.507 e. The van der Waals surface area contributed by atoms with Gasteiger partial charge in [0.1, 0.15) is 11.9 Å². The maximum atomic E-state index is 12.8. The van der Waals surface area contributed by atoms with E-state index in [9.17, 15) is 23.4 Å². The van der Waals surface area contributed by atoms with Crippen LogP contribution in [0.2, 0.25) is 0 Å². The lowest BCUT2D eigenvalue weighted by atomic mass is 9.90. The van der Waals surface area contributed by atoms with Gasteiger partial charge >= 0.3 is 6.18 Å². The largest absolute Gasteiger partial charge is 0.507 e. The number of aryl methyl sites for hydroxylation is 1. The molecule has 4 rings (SSSR count). The first-order valence-corrected chi connectivity index (χ1v) is 9.91. The van der Waals surface area contributed by atoms with E-state index >= 15 is 0 Å². The lowest BCUT2D eigenvalue weighted by molar-refractivity contribution is -0.137. The van der Waals surface area contributed by atoms with Crippen LogP contribution in [0.25, 0.3) is 11.3 Å². The van der Waals surface area contributed by atoms with E-state index in [4.69, 9.17) is 0 Å². The van der Waals surface area contributed by atoms with Crippen molar-refractivity contribution in [1.29, 1.82) is 0 Å². The van der Waals surface area contributed by atoms with Crippen molar-refractivity contribution in [3.05, 3.63) is 41.1 Å². The van der Waals surface area contributed by atoms with Crippen molar-refractivity contribution in [2.75, 3.05) is 13.1 Å². The maximum absolute atomic E-state index is 12.8.